The van der Waals surface area contributed by atoms with E-state index in [1.165, 1.54) is 12.1 Å². The first-order valence-electron chi connectivity index (χ1n) is 19.7. The van der Waals surface area contributed by atoms with Crippen molar-refractivity contribution in [3.63, 3.8) is 0 Å². The summed E-state index contributed by atoms with van der Waals surface area (Å²) in [5, 5.41) is 19.6. The Hall–Kier alpha value is -3.94. The SMILES string of the molecule is C=C(C)C1CCC2(OC(=O)c3ccccc3C(=O)O)CCC3(C)C(CCC4[C@@]5(C)CCC(C(=O)Oc6ccccc6C(=O)O)C(C)(C)C5CC[C@]43C)C12. The average Bonchev–Trinajstić information content (AvgIpc) is 3.48. The first-order valence-corrected chi connectivity index (χ1v) is 19.7. The molecule has 5 aliphatic rings. The Morgan fingerprint density at radius 2 is 1.34 bits per heavy atom. The smallest absolute Gasteiger partial charge is 0.339 e. The topological polar surface area (TPSA) is 127 Å². The van der Waals surface area contributed by atoms with Gasteiger partial charge in [0, 0.05) is 5.92 Å². The average molecular weight is 725 g/mol. The zero-order valence-corrected chi connectivity index (χ0v) is 32.2. The molecule has 53 heavy (non-hydrogen) atoms. The van der Waals surface area contributed by atoms with Crippen molar-refractivity contribution in [2.45, 2.75) is 111 Å². The lowest BCUT2D eigenvalue weighted by Gasteiger charge is -2.72. The minimum absolute atomic E-state index is 0.00517. The molecular formula is C45H56O8. The molecule has 5 aliphatic carbocycles. The molecule has 0 saturated heterocycles. The summed E-state index contributed by atoms with van der Waals surface area (Å²) in [4.78, 5) is 51.7. The zero-order chi connectivity index (χ0) is 38.3. The minimum atomic E-state index is -1.14. The van der Waals surface area contributed by atoms with Crippen molar-refractivity contribution in [1.82, 2.24) is 0 Å². The van der Waals surface area contributed by atoms with Crippen LogP contribution in [0.4, 0.5) is 0 Å². The zero-order valence-electron chi connectivity index (χ0n) is 32.2. The summed E-state index contributed by atoms with van der Waals surface area (Å²) in [5.41, 5.74) is 0.201. The number of esters is 2. The lowest BCUT2D eigenvalue weighted by atomic mass is 9.32. The molecule has 10 atom stereocenters. The second-order valence-electron chi connectivity index (χ2n) is 18.6. The Bertz CT molecular complexity index is 1860. The van der Waals surface area contributed by atoms with Crippen molar-refractivity contribution >= 4 is 23.9 Å². The highest BCUT2D eigenvalue weighted by molar-refractivity contribution is 6.02. The summed E-state index contributed by atoms with van der Waals surface area (Å²) < 4.78 is 12.5. The number of hydrogen-bond acceptors (Lipinski definition) is 6. The van der Waals surface area contributed by atoms with Crippen LogP contribution in [0.5, 0.6) is 5.75 Å². The highest BCUT2D eigenvalue weighted by atomic mass is 16.6. The molecule has 5 saturated carbocycles. The maximum Gasteiger partial charge on any atom is 0.339 e. The number of para-hydroxylation sites is 1. The standard InChI is InChI=1S/C45H56O8/c1-26(2)27-18-23-45(53-39(50)29-13-9-8-12-28(29)37(46)47)25-24-43(6)31(36(27)45)16-17-35-42(5)21-19-32(41(3,4)34(42)20-22-44(35,43)7)40(51)52-33-15-11-10-14-30(33)38(48)49/h8-15,27,31-32,34-36H,1,16-25H2,2-7H3,(H,46,47)(H,48,49)/t27?,31?,32?,34?,35?,36?,42-,43?,44+,45?/m0/s1. The number of rotatable bonds is 7. The molecule has 2 N–H and O–H groups in total. The van der Waals surface area contributed by atoms with Gasteiger partial charge in [0.05, 0.1) is 17.0 Å². The van der Waals surface area contributed by atoms with Crippen LogP contribution >= 0.6 is 0 Å². The summed E-state index contributed by atoms with van der Waals surface area (Å²) >= 11 is 0. The highest BCUT2D eigenvalue weighted by Gasteiger charge is 2.72. The van der Waals surface area contributed by atoms with Crippen LogP contribution in [0, 0.1) is 57.2 Å². The molecule has 0 spiro atoms. The summed E-state index contributed by atoms with van der Waals surface area (Å²) in [7, 11) is 0. The van der Waals surface area contributed by atoms with Gasteiger partial charge in [-0.05, 0) is 141 Å². The Morgan fingerprint density at radius 3 is 2.00 bits per heavy atom. The molecule has 2 aromatic rings. The maximum atomic E-state index is 13.9. The number of ether oxygens (including phenoxy) is 2. The van der Waals surface area contributed by atoms with Crippen molar-refractivity contribution in [2.75, 3.05) is 0 Å². The van der Waals surface area contributed by atoms with E-state index >= 15 is 0 Å². The fourth-order valence-corrected chi connectivity index (χ4v) is 13.7. The van der Waals surface area contributed by atoms with Gasteiger partial charge in [0.25, 0.3) is 0 Å². The number of carbonyl (C=O) groups is 4. The fraction of sp³-hybridized carbons (Fsp3) is 0.600. The summed E-state index contributed by atoms with van der Waals surface area (Å²) in [6.07, 6.45) is 9.06. The number of carboxylic acids is 2. The Morgan fingerprint density at radius 1 is 0.698 bits per heavy atom. The van der Waals surface area contributed by atoms with Crippen LogP contribution < -0.4 is 4.74 Å². The van der Waals surface area contributed by atoms with Gasteiger partial charge in [0.15, 0.2) is 0 Å². The molecule has 0 radical (unpaired) electrons. The van der Waals surface area contributed by atoms with Gasteiger partial charge < -0.3 is 19.7 Å². The number of carbonyl (C=O) groups excluding carboxylic acids is 2. The van der Waals surface area contributed by atoms with Crippen LogP contribution in [0.3, 0.4) is 0 Å². The number of hydrogen-bond donors (Lipinski definition) is 2. The number of aromatic carboxylic acids is 2. The first-order chi connectivity index (χ1) is 24.9. The normalized spacial score (nSPS) is 38.2. The molecule has 0 heterocycles. The lowest BCUT2D eigenvalue weighted by molar-refractivity contribution is -0.249. The summed E-state index contributed by atoms with van der Waals surface area (Å²) in [6.45, 7) is 18.5. The van der Waals surface area contributed by atoms with E-state index < -0.39 is 23.5 Å². The van der Waals surface area contributed by atoms with Gasteiger partial charge in [-0.25, -0.2) is 14.4 Å². The third kappa shape index (κ3) is 5.51. The highest BCUT2D eigenvalue weighted by Crippen LogP contribution is 2.77. The van der Waals surface area contributed by atoms with E-state index in [0.29, 0.717) is 24.2 Å². The van der Waals surface area contributed by atoms with E-state index in [1.807, 2.05) is 0 Å². The van der Waals surface area contributed by atoms with Gasteiger partial charge in [-0.2, -0.15) is 0 Å². The van der Waals surface area contributed by atoms with Crippen molar-refractivity contribution in [1.29, 1.82) is 0 Å². The van der Waals surface area contributed by atoms with Crippen LogP contribution in [0.25, 0.3) is 0 Å². The third-order valence-corrected chi connectivity index (χ3v) is 16.3. The molecule has 7 rings (SSSR count). The number of benzene rings is 2. The molecule has 5 fully saturated rings. The van der Waals surface area contributed by atoms with Gasteiger partial charge in [-0.15, -0.1) is 0 Å². The Labute approximate surface area is 313 Å². The predicted molar refractivity (Wildman–Crippen MR) is 201 cm³/mol. The monoisotopic (exact) mass is 724 g/mol. The second kappa shape index (κ2) is 12.8. The van der Waals surface area contributed by atoms with Crippen molar-refractivity contribution in [2.24, 2.45) is 57.2 Å². The van der Waals surface area contributed by atoms with E-state index in [0.717, 1.165) is 63.4 Å². The van der Waals surface area contributed by atoms with E-state index in [4.69, 9.17) is 9.47 Å². The number of fused-ring (bicyclic) bond motifs is 7. The molecule has 8 unspecified atom stereocenters. The summed E-state index contributed by atoms with van der Waals surface area (Å²) in [6, 6.07) is 12.7. The van der Waals surface area contributed by atoms with Crippen molar-refractivity contribution < 1.29 is 38.9 Å². The Kier molecular flexibility index (Phi) is 9.05. The molecule has 0 amide bonds. The number of carboxylic acid groups (broad SMARTS) is 2. The molecular weight excluding hydrogens is 668 g/mol. The van der Waals surface area contributed by atoms with Crippen molar-refractivity contribution in [3.8, 4) is 5.75 Å². The molecule has 0 aliphatic heterocycles. The van der Waals surface area contributed by atoms with E-state index in [2.05, 4.69) is 48.1 Å². The van der Waals surface area contributed by atoms with Gasteiger partial charge >= 0.3 is 23.9 Å². The predicted octanol–water partition coefficient (Wildman–Crippen LogP) is 9.87. The largest absolute Gasteiger partial charge is 0.478 e. The third-order valence-electron chi connectivity index (χ3n) is 16.3. The maximum absolute atomic E-state index is 13.9. The molecule has 8 nitrogen and oxygen atoms in total. The first kappa shape index (κ1) is 37.4. The minimum Gasteiger partial charge on any atom is -0.478 e. The lowest BCUT2D eigenvalue weighted by Crippen LogP contribution is -2.67. The molecule has 8 heteroatoms. The second-order valence-corrected chi connectivity index (χ2v) is 18.6. The van der Waals surface area contributed by atoms with Gasteiger partial charge in [-0.3, -0.25) is 4.79 Å². The van der Waals surface area contributed by atoms with E-state index in [1.54, 1.807) is 36.4 Å². The van der Waals surface area contributed by atoms with Crippen molar-refractivity contribution in [3.05, 3.63) is 77.4 Å². The quantitative estimate of drug-likeness (QED) is 0.164. The van der Waals surface area contributed by atoms with Gasteiger partial charge in [-0.1, -0.05) is 71.0 Å². The van der Waals surface area contributed by atoms with Crippen LogP contribution in [-0.4, -0.2) is 39.7 Å². The van der Waals surface area contributed by atoms with E-state index in [9.17, 15) is 29.4 Å². The fourth-order valence-electron chi connectivity index (χ4n) is 13.7. The van der Waals surface area contributed by atoms with Crippen LogP contribution in [0.1, 0.15) is 137 Å². The van der Waals surface area contributed by atoms with Crippen LogP contribution in [0.15, 0.2) is 60.7 Å². The Balaban J connectivity index is 1.17. The van der Waals surface area contributed by atoms with E-state index in [-0.39, 0.29) is 67.8 Å². The number of allylic oxidation sites excluding steroid dienone is 1. The van der Waals surface area contributed by atoms with Crippen LogP contribution in [-0.2, 0) is 9.53 Å². The summed E-state index contributed by atoms with van der Waals surface area (Å²) in [5.74, 6) is -2.00. The van der Waals surface area contributed by atoms with Gasteiger partial charge in [0.2, 0.25) is 0 Å². The van der Waals surface area contributed by atoms with Crippen LogP contribution in [0.2, 0.25) is 0 Å². The molecule has 284 valence electrons. The molecule has 2 aromatic carbocycles. The molecule has 0 bridgehead atoms. The molecule has 0 aromatic heterocycles. The van der Waals surface area contributed by atoms with Gasteiger partial charge in [0.1, 0.15) is 16.9 Å².